The van der Waals surface area contributed by atoms with Crippen molar-refractivity contribution in [1.82, 2.24) is 5.32 Å². The molecule has 3 nitrogen and oxygen atoms in total. The molecule has 2 atom stereocenters. The van der Waals surface area contributed by atoms with E-state index in [0.29, 0.717) is 12.5 Å². The second-order valence-corrected chi connectivity index (χ2v) is 6.15. The lowest BCUT2D eigenvalue weighted by Crippen LogP contribution is -2.28. The van der Waals surface area contributed by atoms with Gasteiger partial charge in [0, 0.05) is 11.4 Å². The van der Waals surface area contributed by atoms with Gasteiger partial charge >= 0.3 is 0 Å². The molecule has 1 aromatic rings. The van der Waals surface area contributed by atoms with Crippen LogP contribution in [0.15, 0.2) is 6.07 Å². The second-order valence-electron chi connectivity index (χ2n) is 4.89. The number of aryl methyl sites for hydroxylation is 2. The Kier molecular flexibility index (Phi) is 3.84. The third-order valence-electron chi connectivity index (χ3n) is 3.45. The number of aliphatic hydroxyl groups excluding tert-OH is 1. The van der Waals surface area contributed by atoms with Gasteiger partial charge in [0.05, 0.1) is 11.0 Å². The third-order valence-corrected chi connectivity index (χ3v) is 4.61. The minimum atomic E-state index is -0.164. The van der Waals surface area contributed by atoms with Crippen molar-refractivity contribution >= 4 is 17.2 Å². The fraction of sp³-hybridized carbons (Fsp3) is 0.615. The van der Waals surface area contributed by atoms with Crippen LogP contribution in [0.2, 0.25) is 0 Å². The third kappa shape index (κ3) is 3.07. The van der Waals surface area contributed by atoms with Gasteiger partial charge in [-0.2, -0.15) is 0 Å². The van der Waals surface area contributed by atoms with E-state index in [4.69, 9.17) is 0 Å². The van der Waals surface area contributed by atoms with Gasteiger partial charge in [0.1, 0.15) is 0 Å². The van der Waals surface area contributed by atoms with Gasteiger partial charge < -0.3 is 10.4 Å². The summed E-state index contributed by atoms with van der Waals surface area (Å²) in [5.41, 5.74) is 1.18. The van der Waals surface area contributed by atoms with Gasteiger partial charge in [-0.15, -0.1) is 11.3 Å². The fourth-order valence-corrected chi connectivity index (χ4v) is 3.19. The van der Waals surface area contributed by atoms with Crippen LogP contribution in [0.3, 0.4) is 0 Å². The van der Waals surface area contributed by atoms with E-state index in [0.717, 1.165) is 24.1 Å². The number of hydrogen-bond acceptors (Lipinski definition) is 3. The second kappa shape index (κ2) is 5.19. The zero-order valence-electron chi connectivity index (χ0n) is 10.3. The van der Waals surface area contributed by atoms with Crippen LogP contribution in [0.4, 0.5) is 0 Å². The molecule has 2 unspecified atom stereocenters. The van der Waals surface area contributed by atoms with Gasteiger partial charge in [-0.05, 0) is 50.7 Å². The minimum absolute atomic E-state index is 0.0209. The van der Waals surface area contributed by atoms with Gasteiger partial charge in [0.15, 0.2) is 0 Å². The molecule has 1 aliphatic carbocycles. The quantitative estimate of drug-likeness (QED) is 0.868. The van der Waals surface area contributed by atoms with Gasteiger partial charge in [-0.3, -0.25) is 4.79 Å². The van der Waals surface area contributed by atoms with Crippen LogP contribution in [0.25, 0.3) is 0 Å². The van der Waals surface area contributed by atoms with E-state index in [-0.39, 0.29) is 12.0 Å². The molecule has 94 valence electrons. The summed E-state index contributed by atoms with van der Waals surface area (Å²) < 4.78 is 0. The van der Waals surface area contributed by atoms with Crippen molar-refractivity contribution in [3.8, 4) is 0 Å². The van der Waals surface area contributed by atoms with E-state index in [2.05, 4.69) is 5.32 Å². The van der Waals surface area contributed by atoms with Crippen molar-refractivity contribution in [2.75, 3.05) is 6.54 Å². The summed E-state index contributed by atoms with van der Waals surface area (Å²) in [6.45, 7) is 4.74. The zero-order valence-corrected chi connectivity index (χ0v) is 11.1. The van der Waals surface area contributed by atoms with Crippen molar-refractivity contribution < 1.29 is 9.90 Å². The molecule has 1 aliphatic rings. The molecule has 0 bridgehead atoms. The Morgan fingerprint density at radius 2 is 2.29 bits per heavy atom. The standard InChI is InChI=1S/C13H19NO2S/c1-8-5-12(17-9(8)2)13(16)14-7-10-3-4-11(15)6-10/h5,10-11,15H,3-4,6-7H2,1-2H3,(H,14,16). The van der Waals surface area contributed by atoms with E-state index >= 15 is 0 Å². The van der Waals surface area contributed by atoms with Crippen molar-refractivity contribution in [3.05, 3.63) is 21.4 Å². The summed E-state index contributed by atoms with van der Waals surface area (Å²) in [6, 6.07) is 1.94. The molecule has 4 heteroatoms. The molecule has 0 saturated heterocycles. The predicted octanol–water partition coefficient (Wildman–Crippen LogP) is 2.26. The minimum Gasteiger partial charge on any atom is -0.393 e. The maximum atomic E-state index is 11.9. The van der Waals surface area contributed by atoms with Crippen LogP contribution in [0.5, 0.6) is 0 Å². The Hall–Kier alpha value is -0.870. The number of nitrogens with one attached hydrogen (secondary N) is 1. The van der Waals surface area contributed by atoms with Crippen LogP contribution in [-0.4, -0.2) is 23.7 Å². The van der Waals surface area contributed by atoms with Crippen LogP contribution >= 0.6 is 11.3 Å². The lowest BCUT2D eigenvalue weighted by Gasteiger charge is -2.09. The number of hydrogen-bond donors (Lipinski definition) is 2. The number of carbonyl (C=O) groups is 1. The molecule has 1 heterocycles. The molecular weight excluding hydrogens is 234 g/mol. The molecule has 0 aliphatic heterocycles. The van der Waals surface area contributed by atoms with Gasteiger partial charge in [0.2, 0.25) is 0 Å². The van der Waals surface area contributed by atoms with Gasteiger partial charge in [0.25, 0.3) is 5.91 Å². The molecule has 0 spiro atoms. The van der Waals surface area contributed by atoms with Crippen LogP contribution in [0.1, 0.15) is 39.4 Å². The molecule has 1 saturated carbocycles. The Morgan fingerprint density at radius 1 is 1.53 bits per heavy atom. The molecule has 0 aromatic carbocycles. The lowest BCUT2D eigenvalue weighted by molar-refractivity contribution is 0.0949. The first-order valence-electron chi connectivity index (χ1n) is 6.09. The number of aliphatic hydroxyl groups is 1. The maximum Gasteiger partial charge on any atom is 0.261 e. The Balaban J connectivity index is 1.85. The molecule has 1 amide bonds. The highest BCUT2D eigenvalue weighted by molar-refractivity contribution is 7.14. The molecule has 2 N–H and O–H groups in total. The van der Waals surface area contributed by atoms with Crippen molar-refractivity contribution in [1.29, 1.82) is 0 Å². The molecule has 0 radical (unpaired) electrons. The predicted molar refractivity (Wildman–Crippen MR) is 69.5 cm³/mol. The van der Waals surface area contributed by atoms with Gasteiger partial charge in [-0.1, -0.05) is 0 Å². The van der Waals surface area contributed by atoms with Crippen molar-refractivity contribution in [3.63, 3.8) is 0 Å². The highest BCUT2D eigenvalue weighted by atomic mass is 32.1. The number of amides is 1. The van der Waals surface area contributed by atoms with Gasteiger partial charge in [-0.25, -0.2) is 0 Å². The molecule has 2 rings (SSSR count). The number of thiophene rings is 1. The largest absolute Gasteiger partial charge is 0.393 e. The number of carbonyl (C=O) groups excluding carboxylic acids is 1. The van der Waals surface area contributed by atoms with E-state index in [1.54, 1.807) is 11.3 Å². The monoisotopic (exact) mass is 253 g/mol. The SMILES string of the molecule is Cc1cc(C(=O)NCC2CCC(O)C2)sc1C. The van der Waals surface area contributed by atoms with Crippen molar-refractivity contribution in [2.45, 2.75) is 39.2 Å². The first-order valence-corrected chi connectivity index (χ1v) is 6.91. The van der Waals surface area contributed by atoms with Crippen LogP contribution < -0.4 is 5.32 Å². The Morgan fingerprint density at radius 3 is 2.82 bits per heavy atom. The van der Waals surface area contributed by atoms with Crippen molar-refractivity contribution in [2.24, 2.45) is 5.92 Å². The van der Waals surface area contributed by atoms with E-state index < -0.39 is 0 Å². The lowest BCUT2D eigenvalue weighted by atomic mass is 10.1. The van der Waals surface area contributed by atoms with E-state index in [1.165, 1.54) is 10.4 Å². The Bertz CT molecular complexity index is 394. The number of rotatable bonds is 3. The summed E-state index contributed by atoms with van der Waals surface area (Å²) in [5, 5.41) is 12.4. The smallest absolute Gasteiger partial charge is 0.261 e. The maximum absolute atomic E-state index is 11.9. The molecule has 1 aromatic heterocycles. The Labute approximate surface area is 106 Å². The average Bonchev–Trinajstić information content (AvgIpc) is 2.83. The zero-order chi connectivity index (χ0) is 12.4. The average molecular weight is 253 g/mol. The molecule has 1 fully saturated rings. The summed E-state index contributed by atoms with van der Waals surface area (Å²) in [7, 11) is 0. The van der Waals surface area contributed by atoms with Crippen LogP contribution in [-0.2, 0) is 0 Å². The first kappa shape index (κ1) is 12.6. The molecular formula is C13H19NO2S. The normalized spacial score (nSPS) is 23.9. The first-order chi connectivity index (χ1) is 8.06. The summed E-state index contributed by atoms with van der Waals surface area (Å²) in [4.78, 5) is 13.9. The summed E-state index contributed by atoms with van der Waals surface area (Å²) in [5.74, 6) is 0.462. The fourth-order valence-electron chi connectivity index (χ4n) is 2.24. The van der Waals surface area contributed by atoms with E-state index in [9.17, 15) is 9.90 Å². The molecule has 17 heavy (non-hydrogen) atoms. The highest BCUT2D eigenvalue weighted by Crippen LogP contribution is 2.25. The summed E-state index contributed by atoms with van der Waals surface area (Å²) >= 11 is 1.54. The van der Waals surface area contributed by atoms with E-state index in [1.807, 2.05) is 19.9 Å². The summed E-state index contributed by atoms with van der Waals surface area (Å²) in [6.07, 6.45) is 2.55. The highest BCUT2D eigenvalue weighted by Gasteiger charge is 2.23. The van der Waals surface area contributed by atoms with Crippen LogP contribution in [0, 0.1) is 19.8 Å². The topological polar surface area (TPSA) is 49.3 Å².